The minimum absolute atomic E-state index is 0.226. The first kappa shape index (κ1) is 13.6. The fourth-order valence-corrected chi connectivity index (χ4v) is 4.49. The summed E-state index contributed by atoms with van der Waals surface area (Å²) in [5.41, 5.74) is 0. The monoisotopic (exact) mass is 332 g/mol. The Kier molecular flexibility index (Phi) is 2.91. The highest BCUT2D eigenvalue weighted by atomic mass is 31.2. The summed E-state index contributed by atoms with van der Waals surface area (Å²) in [6.07, 6.45) is 0. The summed E-state index contributed by atoms with van der Waals surface area (Å²) in [5.74, 6) is 1.73. The van der Waals surface area contributed by atoms with E-state index in [4.69, 9.17) is 9.05 Å². The van der Waals surface area contributed by atoms with Crippen molar-refractivity contribution < 1.29 is 14.2 Å². The third kappa shape index (κ3) is 1.95. The molecule has 1 atom stereocenters. The molecule has 0 saturated heterocycles. The summed E-state index contributed by atoms with van der Waals surface area (Å²) >= 11 is 0. The molecule has 0 spiro atoms. The van der Waals surface area contributed by atoms with Gasteiger partial charge in [0.25, 0.3) is 0 Å². The third-order valence-corrected chi connectivity index (χ3v) is 5.65. The van der Waals surface area contributed by atoms with Crippen molar-refractivity contribution in [3.05, 3.63) is 72.8 Å². The van der Waals surface area contributed by atoms with E-state index in [1.165, 1.54) is 0 Å². The Labute approximate surface area is 140 Å². The molecule has 0 amide bonds. The van der Waals surface area contributed by atoms with Gasteiger partial charge in [0.2, 0.25) is 0 Å². The van der Waals surface area contributed by atoms with E-state index in [2.05, 4.69) is 6.07 Å². The highest BCUT2D eigenvalue weighted by Crippen LogP contribution is 2.54. The lowest BCUT2D eigenvalue weighted by Crippen LogP contribution is -2.13. The molecule has 1 N–H and O–H groups in total. The molecule has 1 unspecified atom stereocenters. The molecule has 0 aliphatic carbocycles. The quantitative estimate of drug-likeness (QED) is 0.389. The lowest BCUT2D eigenvalue weighted by Gasteiger charge is -2.27. The second-order valence-electron chi connectivity index (χ2n) is 5.71. The van der Waals surface area contributed by atoms with Crippen LogP contribution in [0.5, 0.6) is 17.2 Å². The third-order valence-electron chi connectivity index (χ3n) is 4.22. The maximum atomic E-state index is 10.4. The van der Waals surface area contributed by atoms with Crippen LogP contribution in [0.15, 0.2) is 72.8 Å². The van der Waals surface area contributed by atoms with Crippen LogP contribution in [0.2, 0.25) is 0 Å². The highest BCUT2D eigenvalue weighted by molar-refractivity contribution is 7.56. The summed E-state index contributed by atoms with van der Waals surface area (Å²) in [7, 11) is -1.28. The largest absolute Gasteiger partial charge is 0.507 e. The van der Waals surface area contributed by atoms with Crippen LogP contribution in [0.4, 0.5) is 0 Å². The van der Waals surface area contributed by atoms with Crippen molar-refractivity contribution in [2.24, 2.45) is 0 Å². The second-order valence-corrected chi connectivity index (χ2v) is 7.11. The first-order valence-corrected chi connectivity index (χ1v) is 8.87. The average Bonchev–Trinajstić information content (AvgIpc) is 2.62. The van der Waals surface area contributed by atoms with Crippen molar-refractivity contribution in [2.75, 3.05) is 0 Å². The van der Waals surface area contributed by atoms with Gasteiger partial charge in [-0.2, -0.15) is 0 Å². The normalized spacial score (nSPS) is 15.9. The zero-order chi connectivity index (χ0) is 16.1. The molecular weight excluding hydrogens is 319 g/mol. The van der Waals surface area contributed by atoms with Gasteiger partial charge >= 0.3 is 8.38 Å². The average molecular weight is 332 g/mol. The topological polar surface area (TPSA) is 38.7 Å². The molecule has 1 aliphatic heterocycles. The molecule has 5 rings (SSSR count). The van der Waals surface area contributed by atoms with Crippen molar-refractivity contribution in [2.45, 2.75) is 0 Å². The summed E-state index contributed by atoms with van der Waals surface area (Å²) in [6.45, 7) is 0. The number of benzene rings is 4. The molecule has 1 heterocycles. The van der Waals surface area contributed by atoms with Crippen LogP contribution < -0.4 is 14.4 Å². The van der Waals surface area contributed by atoms with Crippen molar-refractivity contribution in [1.82, 2.24) is 0 Å². The van der Waals surface area contributed by atoms with Gasteiger partial charge in [0.15, 0.2) is 5.75 Å². The minimum Gasteiger partial charge on any atom is -0.507 e. The Morgan fingerprint density at radius 3 is 2.29 bits per heavy atom. The molecule has 3 nitrogen and oxygen atoms in total. The number of rotatable bonds is 1. The molecule has 4 aromatic carbocycles. The smallest absolute Gasteiger partial charge is 0.326 e. The Hall–Kier alpha value is -2.77. The van der Waals surface area contributed by atoms with Gasteiger partial charge in [0.1, 0.15) is 11.5 Å². The molecule has 0 bridgehead atoms. The van der Waals surface area contributed by atoms with E-state index < -0.39 is 8.38 Å². The predicted octanol–water partition coefficient (Wildman–Crippen LogP) is 5.11. The summed E-state index contributed by atoms with van der Waals surface area (Å²) in [6, 6.07) is 23.5. The van der Waals surface area contributed by atoms with Crippen LogP contribution in [0.25, 0.3) is 21.5 Å². The summed E-state index contributed by atoms with van der Waals surface area (Å²) in [5, 5.41) is 15.1. The fraction of sp³-hybridized carbons (Fsp3) is 0. The van der Waals surface area contributed by atoms with Crippen LogP contribution in [0.3, 0.4) is 0 Å². The van der Waals surface area contributed by atoms with Crippen LogP contribution in [0, 0.1) is 0 Å². The number of hydrogen-bond donors (Lipinski definition) is 1. The standard InChI is InChI=1S/C20H13O3P/c21-16-10-4-6-13-12-14-7-5-11-17-19(14)20(18(13)16)23-24(22-17)15-8-2-1-3-9-15/h1-12,21H. The molecule has 116 valence electrons. The molecule has 0 saturated carbocycles. The molecular formula is C20H13O3P. The number of aromatic hydroxyl groups is 1. The number of fused-ring (bicyclic) bond motifs is 2. The molecule has 0 aromatic heterocycles. The molecule has 0 radical (unpaired) electrons. The van der Waals surface area contributed by atoms with Crippen molar-refractivity contribution >= 4 is 35.2 Å². The number of hydrogen-bond acceptors (Lipinski definition) is 3. The zero-order valence-electron chi connectivity index (χ0n) is 12.6. The first-order chi connectivity index (χ1) is 11.8. The molecule has 4 aromatic rings. The van der Waals surface area contributed by atoms with E-state index in [-0.39, 0.29) is 5.75 Å². The fourth-order valence-electron chi connectivity index (χ4n) is 3.14. The van der Waals surface area contributed by atoms with Crippen LogP contribution in [0.1, 0.15) is 0 Å². The Bertz CT molecular complexity index is 1050. The number of phenols is 1. The van der Waals surface area contributed by atoms with Gasteiger partial charge in [-0.3, -0.25) is 0 Å². The van der Waals surface area contributed by atoms with E-state index in [1.807, 2.05) is 60.7 Å². The van der Waals surface area contributed by atoms with E-state index in [0.717, 1.165) is 32.6 Å². The Morgan fingerprint density at radius 2 is 1.46 bits per heavy atom. The second kappa shape index (κ2) is 5.12. The Morgan fingerprint density at radius 1 is 0.708 bits per heavy atom. The van der Waals surface area contributed by atoms with E-state index >= 15 is 0 Å². The molecule has 4 heteroatoms. The molecule has 0 fully saturated rings. The van der Waals surface area contributed by atoms with Crippen molar-refractivity contribution in [3.63, 3.8) is 0 Å². The van der Waals surface area contributed by atoms with E-state index in [1.54, 1.807) is 6.07 Å². The lowest BCUT2D eigenvalue weighted by molar-refractivity contribution is 0.473. The van der Waals surface area contributed by atoms with Gasteiger partial charge in [-0.1, -0.05) is 42.5 Å². The Balaban J connectivity index is 1.83. The maximum absolute atomic E-state index is 10.4. The minimum atomic E-state index is -1.28. The van der Waals surface area contributed by atoms with Gasteiger partial charge in [0, 0.05) is 0 Å². The van der Waals surface area contributed by atoms with Crippen LogP contribution >= 0.6 is 8.38 Å². The van der Waals surface area contributed by atoms with Crippen molar-refractivity contribution in [1.29, 1.82) is 0 Å². The van der Waals surface area contributed by atoms with E-state index in [0.29, 0.717) is 5.75 Å². The van der Waals surface area contributed by atoms with Gasteiger partial charge in [-0.15, -0.1) is 0 Å². The first-order valence-electron chi connectivity index (χ1n) is 7.70. The van der Waals surface area contributed by atoms with Gasteiger partial charge in [0.05, 0.1) is 16.1 Å². The van der Waals surface area contributed by atoms with Gasteiger partial charge in [-0.25, -0.2) is 0 Å². The highest BCUT2D eigenvalue weighted by Gasteiger charge is 2.28. The summed E-state index contributed by atoms with van der Waals surface area (Å²) in [4.78, 5) is 0. The van der Waals surface area contributed by atoms with Crippen molar-refractivity contribution in [3.8, 4) is 17.2 Å². The van der Waals surface area contributed by atoms with E-state index in [9.17, 15) is 5.11 Å². The molecule has 24 heavy (non-hydrogen) atoms. The van der Waals surface area contributed by atoms with Gasteiger partial charge < -0.3 is 14.2 Å². The van der Waals surface area contributed by atoms with Crippen LogP contribution in [-0.4, -0.2) is 5.11 Å². The van der Waals surface area contributed by atoms with Crippen LogP contribution in [-0.2, 0) is 0 Å². The maximum Gasteiger partial charge on any atom is 0.326 e. The SMILES string of the molecule is Oc1cccc2cc3cccc4c3c(c12)OP(c1ccccc1)O4. The predicted molar refractivity (Wildman–Crippen MR) is 97.4 cm³/mol. The number of phenolic OH excluding ortho intramolecular Hbond substituents is 1. The molecule has 1 aliphatic rings. The summed E-state index contributed by atoms with van der Waals surface area (Å²) < 4.78 is 12.4. The zero-order valence-corrected chi connectivity index (χ0v) is 13.5. The van der Waals surface area contributed by atoms with Gasteiger partial charge in [-0.05, 0) is 41.1 Å². The lowest BCUT2D eigenvalue weighted by atomic mass is 10.0.